The number of hydrogen-bond acceptors (Lipinski definition) is 3. The van der Waals surface area contributed by atoms with Crippen LogP contribution in [0.3, 0.4) is 0 Å². The fourth-order valence-electron chi connectivity index (χ4n) is 2.06. The number of rotatable bonds is 5. The molecule has 0 aliphatic heterocycles. The Bertz CT molecular complexity index is 681. The van der Waals surface area contributed by atoms with Gasteiger partial charge < -0.3 is 10.0 Å². The molecular formula is C15H16FNO3S. The molecule has 1 aromatic carbocycles. The Hall–Kier alpha value is -1.95. The molecule has 0 radical (unpaired) electrons. The highest BCUT2D eigenvalue weighted by atomic mass is 32.1. The Morgan fingerprint density at radius 1 is 1.33 bits per heavy atom. The molecule has 0 bridgehead atoms. The van der Waals surface area contributed by atoms with Crippen molar-refractivity contribution in [1.29, 1.82) is 0 Å². The summed E-state index contributed by atoms with van der Waals surface area (Å²) in [6.07, 6.45) is -0.0938. The molecule has 1 heterocycles. The van der Waals surface area contributed by atoms with Crippen LogP contribution in [0.5, 0.6) is 0 Å². The SMILES string of the molecule is CC(C)N(CCC(=O)O)C(=O)c1cc2ccc(F)cc2s1. The van der Waals surface area contributed by atoms with Gasteiger partial charge in [0.15, 0.2) is 0 Å². The topological polar surface area (TPSA) is 57.6 Å². The van der Waals surface area contributed by atoms with E-state index in [0.29, 0.717) is 9.58 Å². The number of carbonyl (C=O) groups is 2. The molecule has 112 valence electrons. The first-order valence-corrected chi connectivity index (χ1v) is 7.42. The summed E-state index contributed by atoms with van der Waals surface area (Å²) in [6, 6.07) is 6.01. The third kappa shape index (κ3) is 3.58. The van der Waals surface area contributed by atoms with Gasteiger partial charge in [-0.15, -0.1) is 11.3 Å². The number of nitrogens with zero attached hydrogens (tertiary/aromatic N) is 1. The summed E-state index contributed by atoms with van der Waals surface area (Å²) in [5.41, 5.74) is 0. The molecule has 0 atom stereocenters. The second-order valence-corrected chi connectivity index (χ2v) is 6.11. The molecule has 6 heteroatoms. The maximum absolute atomic E-state index is 13.2. The van der Waals surface area contributed by atoms with Crippen molar-refractivity contribution in [1.82, 2.24) is 4.90 Å². The van der Waals surface area contributed by atoms with Crippen molar-refractivity contribution < 1.29 is 19.1 Å². The minimum atomic E-state index is -0.938. The van der Waals surface area contributed by atoms with E-state index in [-0.39, 0.29) is 30.7 Å². The molecule has 4 nitrogen and oxygen atoms in total. The van der Waals surface area contributed by atoms with Gasteiger partial charge in [-0.25, -0.2) is 4.39 Å². The second-order valence-electron chi connectivity index (χ2n) is 5.03. The highest BCUT2D eigenvalue weighted by Gasteiger charge is 2.21. The van der Waals surface area contributed by atoms with Gasteiger partial charge in [-0.3, -0.25) is 9.59 Å². The lowest BCUT2D eigenvalue weighted by molar-refractivity contribution is -0.137. The lowest BCUT2D eigenvalue weighted by Gasteiger charge is -2.25. The van der Waals surface area contributed by atoms with Crippen LogP contribution in [0.25, 0.3) is 10.1 Å². The van der Waals surface area contributed by atoms with Gasteiger partial charge in [0.05, 0.1) is 11.3 Å². The zero-order valence-electron chi connectivity index (χ0n) is 11.8. The number of benzene rings is 1. The van der Waals surface area contributed by atoms with Crippen LogP contribution in [-0.2, 0) is 4.79 Å². The predicted octanol–water partition coefficient (Wildman–Crippen LogP) is 3.37. The summed E-state index contributed by atoms with van der Waals surface area (Å²) in [7, 11) is 0. The standard InChI is InChI=1S/C15H16FNO3S/c1-9(2)17(6-5-14(18)19)15(20)13-7-10-3-4-11(16)8-12(10)21-13/h3-4,7-9H,5-6H2,1-2H3,(H,18,19). The van der Waals surface area contributed by atoms with Crippen LogP contribution in [0.2, 0.25) is 0 Å². The minimum Gasteiger partial charge on any atom is -0.481 e. The van der Waals surface area contributed by atoms with Crippen molar-refractivity contribution >= 4 is 33.3 Å². The van der Waals surface area contributed by atoms with E-state index in [0.717, 1.165) is 5.39 Å². The van der Waals surface area contributed by atoms with E-state index < -0.39 is 5.97 Å². The Morgan fingerprint density at radius 2 is 2.05 bits per heavy atom. The van der Waals surface area contributed by atoms with Crippen molar-refractivity contribution in [2.75, 3.05) is 6.54 Å². The van der Waals surface area contributed by atoms with E-state index in [1.54, 1.807) is 12.1 Å². The monoisotopic (exact) mass is 309 g/mol. The Morgan fingerprint density at radius 3 is 2.67 bits per heavy atom. The number of hydrogen-bond donors (Lipinski definition) is 1. The van der Waals surface area contributed by atoms with E-state index in [1.807, 2.05) is 13.8 Å². The smallest absolute Gasteiger partial charge is 0.305 e. The van der Waals surface area contributed by atoms with Gasteiger partial charge in [0, 0.05) is 17.3 Å². The average molecular weight is 309 g/mol. The third-order valence-corrected chi connectivity index (χ3v) is 4.23. The summed E-state index contributed by atoms with van der Waals surface area (Å²) in [4.78, 5) is 25.2. The van der Waals surface area contributed by atoms with Crippen LogP contribution in [0.1, 0.15) is 29.9 Å². The molecule has 2 rings (SSSR count). The molecule has 0 aliphatic rings. The van der Waals surface area contributed by atoms with Gasteiger partial charge in [0.25, 0.3) is 5.91 Å². The molecule has 0 unspecified atom stereocenters. The van der Waals surface area contributed by atoms with E-state index in [9.17, 15) is 14.0 Å². The van der Waals surface area contributed by atoms with Crippen LogP contribution in [0.4, 0.5) is 4.39 Å². The van der Waals surface area contributed by atoms with Gasteiger partial charge in [-0.2, -0.15) is 0 Å². The molecule has 0 aliphatic carbocycles. The van der Waals surface area contributed by atoms with E-state index in [2.05, 4.69) is 0 Å². The number of thiophene rings is 1. The number of carboxylic acid groups (broad SMARTS) is 1. The van der Waals surface area contributed by atoms with Crippen LogP contribution in [0, 0.1) is 5.82 Å². The second kappa shape index (κ2) is 6.22. The molecule has 0 spiro atoms. The third-order valence-electron chi connectivity index (χ3n) is 3.14. The van der Waals surface area contributed by atoms with E-state index >= 15 is 0 Å². The molecule has 0 fully saturated rings. The van der Waals surface area contributed by atoms with Crippen molar-refractivity contribution in [3.63, 3.8) is 0 Å². The molecule has 0 saturated carbocycles. The lowest BCUT2D eigenvalue weighted by Crippen LogP contribution is -2.38. The zero-order valence-corrected chi connectivity index (χ0v) is 12.6. The first-order valence-electron chi connectivity index (χ1n) is 6.60. The number of aliphatic carboxylic acids is 1. The van der Waals surface area contributed by atoms with Crippen LogP contribution in [-0.4, -0.2) is 34.5 Å². The quantitative estimate of drug-likeness (QED) is 0.921. The predicted molar refractivity (Wildman–Crippen MR) is 80.2 cm³/mol. The molecule has 2 aromatic rings. The summed E-state index contributed by atoms with van der Waals surface area (Å²) < 4.78 is 13.9. The van der Waals surface area contributed by atoms with Crippen LogP contribution >= 0.6 is 11.3 Å². The summed E-state index contributed by atoms with van der Waals surface area (Å²) >= 11 is 1.22. The first-order chi connectivity index (χ1) is 9.88. The van der Waals surface area contributed by atoms with Gasteiger partial charge in [0.2, 0.25) is 0 Å². The first kappa shape index (κ1) is 15.4. The summed E-state index contributed by atoms with van der Waals surface area (Å²) in [5.74, 6) is -1.49. The maximum Gasteiger partial charge on any atom is 0.305 e. The molecule has 21 heavy (non-hydrogen) atoms. The summed E-state index contributed by atoms with van der Waals surface area (Å²) in [5, 5.41) is 9.58. The minimum absolute atomic E-state index is 0.0938. The Labute approximate surface area is 125 Å². The van der Waals surface area contributed by atoms with Crippen molar-refractivity contribution in [2.45, 2.75) is 26.3 Å². The van der Waals surface area contributed by atoms with Crippen molar-refractivity contribution in [3.05, 3.63) is 35.0 Å². The van der Waals surface area contributed by atoms with Crippen LogP contribution < -0.4 is 0 Å². The molecule has 0 saturated heterocycles. The van der Waals surface area contributed by atoms with Crippen LogP contribution in [0.15, 0.2) is 24.3 Å². The number of fused-ring (bicyclic) bond motifs is 1. The fraction of sp³-hybridized carbons (Fsp3) is 0.333. The average Bonchev–Trinajstić information content (AvgIpc) is 2.80. The molecule has 1 amide bonds. The van der Waals surface area contributed by atoms with E-state index in [4.69, 9.17) is 5.11 Å². The van der Waals surface area contributed by atoms with Gasteiger partial charge in [-0.05, 0) is 37.4 Å². The number of halogens is 1. The summed E-state index contributed by atoms with van der Waals surface area (Å²) in [6.45, 7) is 3.84. The molecule has 1 N–H and O–H groups in total. The van der Waals surface area contributed by atoms with Crippen molar-refractivity contribution in [2.24, 2.45) is 0 Å². The highest BCUT2D eigenvalue weighted by molar-refractivity contribution is 7.20. The Balaban J connectivity index is 2.27. The highest BCUT2D eigenvalue weighted by Crippen LogP contribution is 2.27. The van der Waals surface area contributed by atoms with Crippen molar-refractivity contribution in [3.8, 4) is 0 Å². The fourth-order valence-corrected chi connectivity index (χ4v) is 3.11. The normalized spacial score (nSPS) is 11.0. The molecule has 1 aromatic heterocycles. The lowest BCUT2D eigenvalue weighted by atomic mass is 10.2. The van der Waals surface area contributed by atoms with Gasteiger partial charge in [-0.1, -0.05) is 6.07 Å². The van der Waals surface area contributed by atoms with E-state index in [1.165, 1.54) is 28.4 Å². The number of carbonyl (C=O) groups excluding carboxylic acids is 1. The number of carboxylic acids is 1. The largest absolute Gasteiger partial charge is 0.481 e. The Kier molecular flexibility index (Phi) is 4.57. The maximum atomic E-state index is 13.2. The van der Waals surface area contributed by atoms with Gasteiger partial charge in [0.1, 0.15) is 5.82 Å². The number of amides is 1. The molecular weight excluding hydrogens is 293 g/mol. The zero-order chi connectivity index (χ0) is 15.6. The van der Waals surface area contributed by atoms with Gasteiger partial charge >= 0.3 is 5.97 Å².